The Labute approximate surface area is 224 Å². The highest BCUT2D eigenvalue weighted by atomic mass is 35.5. The van der Waals surface area contributed by atoms with Crippen LogP contribution in [-0.2, 0) is 4.79 Å². The molecule has 0 saturated heterocycles. The number of carboxylic acid groups (broad SMARTS) is 1. The molecule has 0 aromatic heterocycles. The summed E-state index contributed by atoms with van der Waals surface area (Å²) in [5.74, 6) is 1.46. The minimum Gasteiger partial charge on any atom is -0.485 e. The summed E-state index contributed by atoms with van der Waals surface area (Å²) in [6, 6.07) is 14.3. The number of ether oxygens (including phenoxy) is 2. The number of hydrogen-bond donors (Lipinski definition) is 3. The van der Waals surface area contributed by atoms with Crippen molar-refractivity contribution in [3.05, 3.63) is 77.9 Å². The number of benzene rings is 2. The Hall–Kier alpha value is -2.80. The summed E-state index contributed by atoms with van der Waals surface area (Å²) >= 11 is 5.91. The van der Waals surface area contributed by atoms with Crippen molar-refractivity contribution in [1.82, 2.24) is 0 Å². The van der Waals surface area contributed by atoms with Gasteiger partial charge >= 0.3 is 5.97 Å². The molecule has 6 nitrogen and oxygen atoms in total. The van der Waals surface area contributed by atoms with E-state index in [9.17, 15) is 15.0 Å². The molecule has 2 aromatic rings. The molecule has 1 saturated carbocycles. The van der Waals surface area contributed by atoms with Crippen molar-refractivity contribution in [1.29, 1.82) is 0 Å². The van der Waals surface area contributed by atoms with Crippen molar-refractivity contribution < 1.29 is 29.6 Å². The van der Waals surface area contributed by atoms with Gasteiger partial charge in [0.05, 0.1) is 6.10 Å². The van der Waals surface area contributed by atoms with Crippen LogP contribution in [0.4, 0.5) is 0 Å². The van der Waals surface area contributed by atoms with Crippen LogP contribution < -0.4 is 9.47 Å². The van der Waals surface area contributed by atoms with Gasteiger partial charge in [-0.05, 0) is 106 Å². The quantitative estimate of drug-likeness (QED) is 0.247. The first-order chi connectivity index (χ1) is 17.6. The summed E-state index contributed by atoms with van der Waals surface area (Å²) in [6.07, 6.45) is 10.3. The SMILES string of the molecule is CC(C)(Oc1ccc(Oc2ccc(Cl)cc2)cc1)C(O)/C=C/C1CCC(O)C1CC/C=C\CCC(=O)O. The number of carboxylic acids is 1. The van der Waals surface area contributed by atoms with Crippen molar-refractivity contribution in [2.45, 2.75) is 70.2 Å². The molecule has 0 heterocycles. The van der Waals surface area contributed by atoms with Crippen molar-refractivity contribution in [3.8, 4) is 17.2 Å². The fourth-order valence-electron chi connectivity index (χ4n) is 4.51. The lowest BCUT2D eigenvalue weighted by molar-refractivity contribution is -0.136. The van der Waals surface area contributed by atoms with Crippen LogP contribution in [-0.4, -0.2) is 39.1 Å². The van der Waals surface area contributed by atoms with Crippen molar-refractivity contribution >= 4 is 17.6 Å². The van der Waals surface area contributed by atoms with E-state index >= 15 is 0 Å². The molecule has 3 N–H and O–H groups in total. The van der Waals surface area contributed by atoms with Gasteiger partial charge in [0.25, 0.3) is 0 Å². The van der Waals surface area contributed by atoms with Gasteiger partial charge in [-0.25, -0.2) is 0 Å². The maximum Gasteiger partial charge on any atom is 0.303 e. The number of carbonyl (C=O) groups is 1. The zero-order valence-corrected chi connectivity index (χ0v) is 22.2. The number of hydrogen-bond acceptors (Lipinski definition) is 5. The normalized spacial score (nSPS) is 20.9. The lowest BCUT2D eigenvalue weighted by Gasteiger charge is -2.30. The number of aliphatic carboxylic acids is 1. The third-order valence-electron chi connectivity index (χ3n) is 6.70. The average Bonchev–Trinajstić information content (AvgIpc) is 3.21. The molecular weight excluding hydrogens is 492 g/mol. The number of aliphatic hydroxyl groups excluding tert-OH is 2. The number of allylic oxidation sites excluding steroid dienone is 3. The van der Waals surface area contributed by atoms with Gasteiger partial charge in [-0.3, -0.25) is 4.79 Å². The molecule has 4 unspecified atom stereocenters. The van der Waals surface area contributed by atoms with E-state index in [-0.39, 0.29) is 24.4 Å². The molecule has 1 fully saturated rings. The molecule has 200 valence electrons. The summed E-state index contributed by atoms with van der Waals surface area (Å²) < 4.78 is 11.9. The minimum absolute atomic E-state index is 0.116. The predicted molar refractivity (Wildman–Crippen MR) is 145 cm³/mol. The zero-order chi connectivity index (χ0) is 26.8. The topological polar surface area (TPSA) is 96.2 Å². The molecule has 0 bridgehead atoms. The molecule has 37 heavy (non-hydrogen) atoms. The lowest BCUT2D eigenvalue weighted by Crippen LogP contribution is -2.40. The highest BCUT2D eigenvalue weighted by Gasteiger charge is 2.34. The van der Waals surface area contributed by atoms with Gasteiger partial charge in [-0.1, -0.05) is 35.9 Å². The van der Waals surface area contributed by atoms with Crippen LogP contribution in [0.25, 0.3) is 0 Å². The fourth-order valence-corrected chi connectivity index (χ4v) is 4.64. The lowest BCUT2D eigenvalue weighted by atomic mass is 9.88. The van der Waals surface area contributed by atoms with Gasteiger partial charge in [-0.2, -0.15) is 0 Å². The third kappa shape index (κ3) is 9.22. The van der Waals surface area contributed by atoms with Gasteiger partial charge in [0.2, 0.25) is 0 Å². The maximum atomic E-state index is 10.9. The van der Waals surface area contributed by atoms with Gasteiger partial charge in [0.15, 0.2) is 0 Å². The Morgan fingerprint density at radius 3 is 2.27 bits per heavy atom. The Balaban J connectivity index is 1.51. The first kappa shape index (κ1) is 28.8. The fraction of sp³-hybridized carbons (Fsp3) is 0.433. The van der Waals surface area contributed by atoms with Gasteiger partial charge in [0.1, 0.15) is 29.0 Å². The number of rotatable bonds is 13. The van der Waals surface area contributed by atoms with E-state index < -0.39 is 17.7 Å². The van der Waals surface area contributed by atoms with Gasteiger partial charge in [0, 0.05) is 11.4 Å². The van der Waals surface area contributed by atoms with E-state index in [0.29, 0.717) is 28.7 Å². The molecule has 1 aliphatic rings. The Morgan fingerprint density at radius 1 is 1.03 bits per heavy atom. The summed E-state index contributed by atoms with van der Waals surface area (Å²) in [5.41, 5.74) is -0.866. The largest absolute Gasteiger partial charge is 0.485 e. The summed E-state index contributed by atoms with van der Waals surface area (Å²) in [5, 5.41) is 30.7. The monoisotopic (exact) mass is 528 g/mol. The molecule has 4 atom stereocenters. The smallest absolute Gasteiger partial charge is 0.303 e. The summed E-state index contributed by atoms with van der Waals surface area (Å²) in [6.45, 7) is 3.67. The van der Waals surface area contributed by atoms with E-state index in [1.807, 2.05) is 44.2 Å². The third-order valence-corrected chi connectivity index (χ3v) is 6.96. The van der Waals surface area contributed by atoms with E-state index in [0.717, 1.165) is 25.7 Å². The molecule has 1 aliphatic carbocycles. The van der Waals surface area contributed by atoms with Gasteiger partial charge in [-0.15, -0.1) is 0 Å². The maximum absolute atomic E-state index is 10.9. The van der Waals surface area contributed by atoms with Crippen LogP contribution in [0.2, 0.25) is 5.02 Å². The highest BCUT2D eigenvalue weighted by molar-refractivity contribution is 6.30. The van der Waals surface area contributed by atoms with Crippen LogP contribution in [0.3, 0.4) is 0 Å². The first-order valence-corrected chi connectivity index (χ1v) is 13.2. The van der Waals surface area contributed by atoms with Crippen molar-refractivity contribution in [2.75, 3.05) is 0 Å². The van der Waals surface area contributed by atoms with Crippen LogP contribution >= 0.6 is 11.6 Å². The van der Waals surface area contributed by atoms with E-state index in [4.69, 9.17) is 26.2 Å². The summed E-state index contributed by atoms with van der Waals surface area (Å²) in [4.78, 5) is 10.6. The number of halogens is 1. The highest BCUT2D eigenvalue weighted by Crippen LogP contribution is 2.37. The Morgan fingerprint density at radius 2 is 1.62 bits per heavy atom. The molecule has 0 radical (unpaired) electrons. The second kappa shape index (κ2) is 13.7. The van der Waals surface area contributed by atoms with E-state index in [2.05, 4.69) is 0 Å². The van der Waals surface area contributed by atoms with E-state index in [1.54, 1.807) is 42.5 Å². The van der Waals surface area contributed by atoms with Crippen LogP contribution in [0.1, 0.15) is 52.4 Å². The number of aliphatic hydroxyl groups is 2. The van der Waals surface area contributed by atoms with E-state index in [1.165, 1.54) is 0 Å². The molecule has 0 amide bonds. The molecule has 7 heteroatoms. The Kier molecular flexibility index (Phi) is 10.6. The van der Waals surface area contributed by atoms with Crippen molar-refractivity contribution in [2.24, 2.45) is 11.8 Å². The minimum atomic E-state index is -0.866. The molecule has 2 aromatic carbocycles. The summed E-state index contributed by atoms with van der Waals surface area (Å²) in [7, 11) is 0. The second-order valence-electron chi connectivity index (χ2n) is 10.0. The molecular formula is C30H37ClO6. The van der Waals surface area contributed by atoms with Crippen LogP contribution in [0, 0.1) is 11.8 Å². The predicted octanol–water partition coefficient (Wildman–Crippen LogP) is 6.80. The van der Waals surface area contributed by atoms with Crippen LogP contribution in [0.15, 0.2) is 72.8 Å². The zero-order valence-electron chi connectivity index (χ0n) is 21.4. The first-order valence-electron chi connectivity index (χ1n) is 12.8. The Bertz CT molecular complexity index is 1040. The second-order valence-corrected chi connectivity index (χ2v) is 10.5. The standard InChI is InChI=1S/C30H37ClO6/c1-30(2,37-25-17-15-24(16-18-25)36-23-13-11-22(31)12-14-23)28(33)20-10-21-9-19-27(32)26(21)7-5-3-4-6-8-29(34)35/h3-4,10-18,20-21,26-28,32-33H,5-9,19H2,1-2H3,(H,34,35)/b4-3-,20-10+. The van der Waals surface area contributed by atoms with Gasteiger partial charge < -0.3 is 24.8 Å². The van der Waals surface area contributed by atoms with Crippen molar-refractivity contribution in [3.63, 3.8) is 0 Å². The average molecular weight is 529 g/mol. The molecule has 0 aliphatic heterocycles. The molecule has 3 rings (SSSR count). The van der Waals surface area contributed by atoms with Crippen LogP contribution in [0.5, 0.6) is 17.2 Å². The molecule has 0 spiro atoms.